The minimum atomic E-state index is -0.0617. The van der Waals surface area contributed by atoms with Crippen molar-refractivity contribution in [2.24, 2.45) is 0 Å². The maximum Gasteiger partial charge on any atom is 0.115 e. The molecule has 1 heterocycles. The smallest absolute Gasteiger partial charge is 0.115 e. The van der Waals surface area contributed by atoms with E-state index in [1.807, 2.05) is 12.1 Å². The third-order valence-electron chi connectivity index (χ3n) is 2.76. The summed E-state index contributed by atoms with van der Waals surface area (Å²) >= 11 is 0. The SMILES string of the molecule is COC1(Cc2cccc(O)c2)CNC1. The monoisotopic (exact) mass is 193 g/mol. The van der Waals surface area contributed by atoms with Gasteiger partial charge in [0.15, 0.2) is 0 Å². The fourth-order valence-corrected chi connectivity index (χ4v) is 1.78. The number of aromatic hydroxyl groups is 1. The second-order valence-electron chi connectivity index (χ2n) is 3.84. The van der Waals surface area contributed by atoms with Gasteiger partial charge in [-0.05, 0) is 17.7 Å². The van der Waals surface area contributed by atoms with Gasteiger partial charge in [0.1, 0.15) is 5.75 Å². The highest BCUT2D eigenvalue weighted by Gasteiger charge is 2.36. The maximum atomic E-state index is 9.32. The summed E-state index contributed by atoms with van der Waals surface area (Å²) in [6.45, 7) is 1.78. The molecule has 1 fully saturated rings. The topological polar surface area (TPSA) is 41.5 Å². The van der Waals surface area contributed by atoms with Crippen molar-refractivity contribution in [3.8, 4) is 5.75 Å². The molecule has 0 atom stereocenters. The van der Waals surface area contributed by atoms with E-state index in [9.17, 15) is 5.11 Å². The first-order valence-corrected chi connectivity index (χ1v) is 4.78. The Morgan fingerprint density at radius 3 is 2.79 bits per heavy atom. The molecule has 3 heteroatoms. The Hall–Kier alpha value is -1.06. The van der Waals surface area contributed by atoms with E-state index in [0.717, 1.165) is 25.1 Å². The molecule has 3 nitrogen and oxygen atoms in total. The molecular weight excluding hydrogens is 178 g/mol. The zero-order valence-corrected chi connectivity index (χ0v) is 8.29. The van der Waals surface area contributed by atoms with E-state index in [-0.39, 0.29) is 5.60 Å². The van der Waals surface area contributed by atoms with Crippen molar-refractivity contribution in [3.05, 3.63) is 29.8 Å². The number of hydrogen-bond acceptors (Lipinski definition) is 3. The van der Waals surface area contributed by atoms with Gasteiger partial charge < -0.3 is 15.2 Å². The van der Waals surface area contributed by atoms with E-state index in [1.165, 1.54) is 0 Å². The third kappa shape index (κ3) is 1.74. The summed E-state index contributed by atoms with van der Waals surface area (Å²) in [6, 6.07) is 7.35. The van der Waals surface area contributed by atoms with Gasteiger partial charge in [-0.3, -0.25) is 0 Å². The van der Waals surface area contributed by atoms with Crippen LogP contribution in [0.2, 0.25) is 0 Å². The fourth-order valence-electron chi connectivity index (χ4n) is 1.78. The first-order chi connectivity index (χ1) is 6.74. The van der Waals surface area contributed by atoms with Crippen molar-refractivity contribution in [3.63, 3.8) is 0 Å². The maximum absolute atomic E-state index is 9.32. The second-order valence-corrected chi connectivity index (χ2v) is 3.84. The number of nitrogens with one attached hydrogen (secondary N) is 1. The Morgan fingerprint density at radius 2 is 2.29 bits per heavy atom. The van der Waals surface area contributed by atoms with Crippen molar-refractivity contribution in [2.45, 2.75) is 12.0 Å². The standard InChI is InChI=1S/C11H15NO2/c1-14-11(7-12-8-11)6-9-3-2-4-10(13)5-9/h2-5,12-13H,6-8H2,1H3. The molecule has 0 unspecified atom stereocenters. The van der Waals surface area contributed by atoms with Gasteiger partial charge in [-0.25, -0.2) is 0 Å². The van der Waals surface area contributed by atoms with Gasteiger partial charge in [-0.1, -0.05) is 12.1 Å². The number of hydrogen-bond donors (Lipinski definition) is 2. The van der Waals surface area contributed by atoms with Gasteiger partial charge in [0.05, 0.1) is 5.60 Å². The molecule has 0 aliphatic carbocycles. The zero-order valence-electron chi connectivity index (χ0n) is 8.29. The van der Waals surface area contributed by atoms with E-state index >= 15 is 0 Å². The molecule has 0 radical (unpaired) electrons. The molecule has 0 amide bonds. The van der Waals surface area contributed by atoms with Crippen LogP contribution in [0.3, 0.4) is 0 Å². The molecule has 1 aliphatic heterocycles. The van der Waals surface area contributed by atoms with E-state index < -0.39 is 0 Å². The van der Waals surface area contributed by atoms with Crippen LogP contribution >= 0.6 is 0 Å². The molecular formula is C11H15NO2. The summed E-state index contributed by atoms with van der Waals surface area (Å²) in [5, 5.41) is 12.5. The summed E-state index contributed by atoms with van der Waals surface area (Å²) in [4.78, 5) is 0. The van der Waals surface area contributed by atoms with Gasteiger partial charge in [-0.2, -0.15) is 0 Å². The highest BCUT2D eigenvalue weighted by Crippen LogP contribution is 2.23. The van der Waals surface area contributed by atoms with Crippen molar-refractivity contribution in [1.82, 2.24) is 5.32 Å². The molecule has 2 rings (SSSR count). The predicted octanol–water partition coefficient (Wildman–Crippen LogP) is 0.923. The average molecular weight is 193 g/mol. The van der Waals surface area contributed by atoms with Crippen LogP contribution in [0.15, 0.2) is 24.3 Å². The molecule has 0 saturated carbocycles. The van der Waals surface area contributed by atoms with Crippen LogP contribution in [0.4, 0.5) is 0 Å². The molecule has 0 bridgehead atoms. The number of benzene rings is 1. The van der Waals surface area contributed by atoms with Gasteiger partial charge in [0, 0.05) is 26.6 Å². The molecule has 2 N–H and O–H groups in total. The lowest BCUT2D eigenvalue weighted by Crippen LogP contribution is -2.61. The average Bonchev–Trinajstić information content (AvgIpc) is 2.11. The summed E-state index contributed by atoms with van der Waals surface area (Å²) in [5.41, 5.74) is 1.06. The summed E-state index contributed by atoms with van der Waals surface area (Å²) in [6.07, 6.45) is 0.852. The molecule has 1 aromatic rings. The molecule has 0 aromatic heterocycles. The van der Waals surface area contributed by atoms with Gasteiger partial charge in [0.25, 0.3) is 0 Å². The highest BCUT2D eigenvalue weighted by atomic mass is 16.5. The number of phenols is 1. The summed E-state index contributed by atoms with van der Waals surface area (Å²) in [7, 11) is 1.74. The normalized spacial score (nSPS) is 18.9. The lowest BCUT2D eigenvalue weighted by atomic mass is 9.89. The van der Waals surface area contributed by atoms with Crippen molar-refractivity contribution >= 4 is 0 Å². The minimum Gasteiger partial charge on any atom is -0.508 e. The first kappa shape index (κ1) is 9.49. The Bertz CT molecular complexity index is 315. The Morgan fingerprint density at radius 1 is 1.50 bits per heavy atom. The van der Waals surface area contributed by atoms with E-state index in [2.05, 4.69) is 5.32 Å². The lowest BCUT2D eigenvalue weighted by molar-refractivity contribution is -0.0502. The summed E-state index contributed by atoms with van der Waals surface area (Å²) in [5.74, 6) is 0.320. The minimum absolute atomic E-state index is 0.0617. The third-order valence-corrected chi connectivity index (χ3v) is 2.76. The second kappa shape index (κ2) is 3.59. The predicted molar refractivity (Wildman–Crippen MR) is 54.4 cm³/mol. The van der Waals surface area contributed by atoms with Crippen LogP contribution in [0.1, 0.15) is 5.56 Å². The Balaban J connectivity index is 2.09. The van der Waals surface area contributed by atoms with Crippen LogP contribution in [-0.4, -0.2) is 30.9 Å². The highest BCUT2D eigenvalue weighted by molar-refractivity contribution is 5.28. The van der Waals surface area contributed by atoms with Crippen molar-refractivity contribution in [1.29, 1.82) is 0 Å². The van der Waals surface area contributed by atoms with E-state index in [1.54, 1.807) is 19.2 Å². The Labute approximate surface area is 83.7 Å². The zero-order chi connectivity index (χ0) is 10.0. The largest absolute Gasteiger partial charge is 0.508 e. The molecule has 14 heavy (non-hydrogen) atoms. The molecule has 0 spiro atoms. The van der Waals surface area contributed by atoms with Crippen LogP contribution < -0.4 is 5.32 Å². The molecule has 76 valence electrons. The first-order valence-electron chi connectivity index (χ1n) is 4.78. The number of rotatable bonds is 3. The van der Waals surface area contributed by atoms with Crippen molar-refractivity contribution < 1.29 is 9.84 Å². The van der Waals surface area contributed by atoms with Crippen LogP contribution in [0.25, 0.3) is 0 Å². The number of ether oxygens (including phenoxy) is 1. The van der Waals surface area contributed by atoms with Gasteiger partial charge in [0.2, 0.25) is 0 Å². The Kier molecular flexibility index (Phi) is 2.44. The molecule has 1 aromatic carbocycles. The fraction of sp³-hybridized carbons (Fsp3) is 0.455. The van der Waals surface area contributed by atoms with E-state index in [0.29, 0.717) is 5.75 Å². The number of phenolic OH excluding ortho intramolecular Hbond substituents is 1. The van der Waals surface area contributed by atoms with Gasteiger partial charge in [-0.15, -0.1) is 0 Å². The quantitative estimate of drug-likeness (QED) is 0.750. The van der Waals surface area contributed by atoms with E-state index in [4.69, 9.17) is 4.74 Å². The molecule has 1 saturated heterocycles. The lowest BCUT2D eigenvalue weighted by Gasteiger charge is -2.41. The number of methoxy groups -OCH3 is 1. The molecule has 1 aliphatic rings. The summed E-state index contributed by atoms with van der Waals surface area (Å²) < 4.78 is 5.47. The van der Waals surface area contributed by atoms with Crippen LogP contribution in [0, 0.1) is 0 Å². The van der Waals surface area contributed by atoms with Crippen molar-refractivity contribution in [2.75, 3.05) is 20.2 Å². The van der Waals surface area contributed by atoms with Crippen LogP contribution in [-0.2, 0) is 11.2 Å². The van der Waals surface area contributed by atoms with Crippen LogP contribution in [0.5, 0.6) is 5.75 Å². The van der Waals surface area contributed by atoms with Gasteiger partial charge >= 0.3 is 0 Å².